The van der Waals surface area contributed by atoms with Gasteiger partial charge in [0.2, 0.25) is 0 Å². The minimum Gasteiger partial charge on any atom is -0.491 e. The van der Waals surface area contributed by atoms with Crippen molar-refractivity contribution in [1.82, 2.24) is 9.96 Å². The van der Waals surface area contributed by atoms with Crippen LogP contribution in [0.2, 0.25) is 0 Å². The molecule has 0 saturated carbocycles. The van der Waals surface area contributed by atoms with Gasteiger partial charge in [0.25, 0.3) is 11.8 Å². The summed E-state index contributed by atoms with van der Waals surface area (Å²) in [4.78, 5) is 56.6. The lowest BCUT2D eigenvalue weighted by molar-refractivity contribution is -0.0584. The maximum atomic E-state index is 12.7. The van der Waals surface area contributed by atoms with Crippen LogP contribution < -0.4 is 4.74 Å². The Labute approximate surface area is 184 Å². The van der Waals surface area contributed by atoms with E-state index in [1.165, 1.54) is 29.2 Å². The normalized spacial score (nSPS) is 15.5. The second-order valence-corrected chi connectivity index (χ2v) is 8.40. The molecule has 0 aliphatic carbocycles. The van der Waals surface area contributed by atoms with Gasteiger partial charge in [-0.2, -0.15) is 0 Å². The summed E-state index contributed by atoms with van der Waals surface area (Å²) in [6.07, 6.45) is -0.493. The second kappa shape index (κ2) is 7.99. The molecule has 9 heteroatoms. The van der Waals surface area contributed by atoms with E-state index in [0.717, 1.165) is 0 Å². The summed E-state index contributed by atoms with van der Waals surface area (Å²) < 4.78 is 11.1. The van der Waals surface area contributed by atoms with Gasteiger partial charge in [0, 0.05) is 5.56 Å². The number of hydroxylamine groups is 2. The number of carbonyl (C=O) groups is 4. The monoisotopic (exact) mass is 438 g/mol. The van der Waals surface area contributed by atoms with Gasteiger partial charge in [-0.15, -0.1) is 0 Å². The van der Waals surface area contributed by atoms with Gasteiger partial charge in [-0.25, -0.2) is 9.59 Å². The molecule has 0 aromatic heterocycles. The summed E-state index contributed by atoms with van der Waals surface area (Å²) >= 11 is 0. The molecule has 0 N–H and O–H groups in total. The van der Waals surface area contributed by atoms with Crippen LogP contribution >= 0.6 is 0 Å². The fourth-order valence-corrected chi connectivity index (χ4v) is 3.39. The van der Waals surface area contributed by atoms with Crippen molar-refractivity contribution in [2.24, 2.45) is 0 Å². The van der Waals surface area contributed by atoms with Gasteiger partial charge in [-0.3, -0.25) is 9.59 Å². The van der Waals surface area contributed by atoms with E-state index in [1.807, 2.05) is 0 Å². The van der Waals surface area contributed by atoms with Crippen LogP contribution in [0.5, 0.6) is 5.75 Å². The summed E-state index contributed by atoms with van der Waals surface area (Å²) in [5.74, 6) is -1.76. The first-order chi connectivity index (χ1) is 15.1. The van der Waals surface area contributed by atoms with Crippen molar-refractivity contribution in [2.75, 3.05) is 13.2 Å². The number of hydrogen-bond acceptors (Lipinski definition) is 7. The summed E-state index contributed by atoms with van der Waals surface area (Å²) in [6, 6.07) is 10.8. The number of ether oxygens (including phenoxy) is 2. The minimum absolute atomic E-state index is 0.106. The number of rotatable bonds is 2. The van der Waals surface area contributed by atoms with E-state index < -0.39 is 29.5 Å². The Morgan fingerprint density at radius 3 is 2.28 bits per heavy atom. The third kappa shape index (κ3) is 4.14. The maximum absolute atomic E-state index is 12.7. The highest BCUT2D eigenvalue weighted by Gasteiger charge is 2.39. The smallest absolute Gasteiger partial charge is 0.410 e. The van der Waals surface area contributed by atoms with E-state index in [-0.39, 0.29) is 29.8 Å². The number of hydrogen-bond donors (Lipinski definition) is 0. The molecule has 9 nitrogen and oxygen atoms in total. The van der Waals surface area contributed by atoms with E-state index in [2.05, 4.69) is 0 Å². The molecule has 2 aliphatic rings. The molecule has 0 atom stereocenters. The minimum atomic E-state index is -0.879. The van der Waals surface area contributed by atoms with Gasteiger partial charge in [-0.1, -0.05) is 17.2 Å². The van der Waals surface area contributed by atoms with Gasteiger partial charge in [-0.05, 0) is 51.1 Å². The van der Waals surface area contributed by atoms with Crippen LogP contribution in [0.4, 0.5) is 4.79 Å². The first-order valence-electron chi connectivity index (χ1n) is 10.1. The molecule has 2 heterocycles. The molecule has 2 aromatic rings. The lowest BCUT2D eigenvalue weighted by atomic mass is 10.1. The van der Waals surface area contributed by atoms with E-state index in [9.17, 15) is 19.2 Å². The predicted molar refractivity (Wildman–Crippen MR) is 111 cm³/mol. The molecule has 0 bridgehead atoms. The van der Waals surface area contributed by atoms with Crippen molar-refractivity contribution in [2.45, 2.75) is 32.9 Å². The summed E-state index contributed by atoms with van der Waals surface area (Å²) in [5, 5.41) is 0.460. The quantitative estimate of drug-likeness (QED) is 0.664. The van der Waals surface area contributed by atoms with Crippen LogP contribution in [0.1, 0.15) is 57.4 Å². The summed E-state index contributed by atoms with van der Waals surface area (Å²) in [7, 11) is 0. The number of nitrogens with zero attached hydrogens (tertiary/aromatic N) is 2. The van der Waals surface area contributed by atoms with Crippen molar-refractivity contribution in [1.29, 1.82) is 0 Å². The lowest BCUT2D eigenvalue weighted by Gasteiger charge is -2.26. The molecule has 166 valence electrons. The molecule has 32 heavy (non-hydrogen) atoms. The zero-order chi connectivity index (χ0) is 23.0. The molecule has 3 amide bonds. The fourth-order valence-electron chi connectivity index (χ4n) is 3.39. The molecule has 0 saturated heterocycles. The lowest BCUT2D eigenvalue weighted by Crippen LogP contribution is -2.37. The van der Waals surface area contributed by atoms with Crippen molar-refractivity contribution < 1.29 is 33.5 Å². The van der Waals surface area contributed by atoms with Crippen LogP contribution in [0.3, 0.4) is 0 Å². The second-order valence-electron chi connectivity index (χ2n) is 8.40. The fraction of sp³-hybridized carbons (Fsp3) is 0.304. The molecule has 4 rings (SSSR count). The molecular formula is C23H22N2O7. The van der Waals surface area contributed by atoms with Gasteiger partial charge in [0.05, 0.1) is 29.8 Å². The average Bonchev–Trinajstić information content (AvgIpc) is 2.89. The summed E-state index contributed by atoms with van der Waals surface area (Å²) in [5.41, 5.74) is 0.382. The van der Waals surface area contributed by atoms with Crippen LogP contribution in [0, 0.1) is 0 Å². The number of imide groups is 1. The van der Waals surface area contributed by atoms with E-state index >= 15 is 0 Å². The number of fused-ring (bicyclic) bond motifs is 2. The number of benzene rings is 2. The molecule has 0 unspecified atom stereocenters. The van der Waals surface area contributed by atoms with Gasteiger partial charge in [0.1, 0.15) is 18.0 Å². The van der Waals surface area contributed by atoms with Gasteiger partial charge >= 0.3 is 12.1 Å². The van der Waals surface area contributed by atoms with Gasteiger partial charge in [0.15, 0.2) is 0 Å². The van der Waals surface area contributed by atoms with Crippen LogP contribution in [-0.2, 0) is 16.1 Å². The summed E-state index contributed by atoms with van der Waals surface area (Å²) in [6.45, 7) is 6.09. The highest BCUT2D eigenvalue weighted by Crippen LogP contribution is 2.27. The first-order valence-corrected chi connectivity index (χ1v) is 10.1. The topological polar surface area (TPSA) is 102 Å². The molecular weight excluding hydrogens is 416 g/mol. The third-order valence-corrected chi connectivity index (χ3v) is 4.86. The zero-order valence-electron chi connectivity index (χ0n) is 17.9. The van der Waals surface area contributed by atoms with E-state index in [0.29, 0.717) is 22.9 Å². The van der Waals surface area contributed by atoms with Crippen molar-refractivity contribution in [3.8, 4) is 5.75 Å². The molecule has 2 aromatic carbocycles. The highest BCUT2D eigenvalue weighted by atomic mass is 16.7. The van der Waals surface area contributed by atoms with Crippen molar-refractivity contribution in [3.63, 3.8) is 0 Å². The SMILES string of the molecule is CC(C)(C)OC(=O)N1CCOc2ccc(C(=O)ON3C(=O)c4ccccc4C3=O)cc2C1. The van der Waals surface area contributed by atoms with Crippen molar-refractivity contribution >= 4 is 23.9 Å². The molecule has 0 radical (unpaired) electrons. The maximum Gasteiger partial charge on any atom is 0.410 e. The van der Waals surface area contributed by atoms with Gasteiger partial charge < -0.3 is 19.2 Å². The van der Waals surface area contributed by atoms with Crippen LogP contribution in [0.15, 0.2) is 42.5 Å². The molecule has 0 spiro atoms. The Hall–Kier alpha value is -3.88. The standard InChI is InChI=1S/C23H22N2O7/c1-23(2,3)31-22(29)24-10-11-30-18-9-8-14(12-15(18)13-24)21(28)32-25-19(26)16-6-4-5-7-17(16)20(25)27/h4-9,12H,10-11,13H2,1-3H3. The largest absolute Gasteiger partial charge is 0.491 e. The Bertz CT molecular complexity index is 1080. The number of amides is 3. The Morgan fingerprint density at radius 2 is 1.66 bits per heavy atom. The molecule has 2 aliphatic heterocycles. The Morgan fingerprint density at radius 1 is 1.00 bits per heavy atom. The van der Waals surface area contributed by atoms with E-state index in [1.54, 1.807) is 39.0 Å². The van der Waals surface area contributed by atoms with Crippen LogP contribution in [-0.4, -0.2) is 52.6 Å². The average molecular weight is 438 g/mol. The Kier molecular flexibility index (Phi) is 5.33. The number of carbonyl (C=O) groups excluding carboxylic acids is 4. The predicted octanol–water partition coefficient (Wildman–Crippen LogP) is 3.18. The zero-order valence-corrected chi connectivity index (χ0v) is 17.9. The molecule has 0 fully saturated rings. The first kappa shape index (κ1) is 21.4. The van der Waals surface area contributed by atoms with Crippen LogP contribution in [0.25, 0.3) is 0 Å². The highest BCUT2D eigenvalue weighted by molar-refractivity contribution is 6.21. The van der Waals surface area contributed by atoms with Crippen molar-refractivity contribution in [3.05, 3.63) is 64.7 Å². The Balaban J connectivity index is 1.52. The van der Waals surface area contributed by atoms with E-state index in [4.69, 9.17) is 14.3 Å². The third-order valence-electron chi connectivity index (χ3n) is 4.86.